The zero-order valence-electron chi connectivity index (χ0n) is 11.2. The summed E-state index contributed by atoms with van der Waals surface area (Å²) in [5, 5.41) is 12.3. The molecule has 0 aliphatic heterocycles. The fourth-order valence-electron chi connectivity index (χ4n) is 1.47. The van der Waals surface area contributed by atoms with Crippen LogP contribution in [0, 0.1) is 0 Å². The van der Waals surface area contributed by atoms with Gasteiger partial charge in [0.25, 0.3) is 0 Å². The predicted octanol–water partition coefficient (Wildman–Crippen LogP) is 3.05. The molecule has 0 aliphatic rings. The molecule has 0 saturated heterocycles. The van der Waals surface area contributed by atoms with Gasteiger partial charge in [0.15, 0.2) is 0 Å². The molecule has 0 spiro atoms. The largest absolute Gasteiger partial charge is 0.508 e. The number of hydrogen-bond acceptors (Lipinski definition) is 3. The molecule has 3 nitrogen and oxygen atoms in total. The van der Waals surface area contributed by atoms with Crippen LogP contribution in [0.2, 0.25) is 0 Å². The lowest BCUT2D eigenvalue weighted by Crippen LogP contribution is -2.19. The Morgan fingerprint density at radius 1 is 1.29 bits per heavy atom. The summed E-state index contributed by atoms with van der Waals surface area (Å²) in [6.45, 7) is 5.87. The standard InChI is InChI=1S/C12H17NO2.C2H6/c1-3-10(14)8-12(13-2)9-4-6-11(15)7-5-9;1-2/h4-7,12-13,15H,3,8H2,1-2H3;1-2H3. The highest BCUT2D eigenvalue weighted by atomic mass is 16.3. The Morgan fingerprint density at radius 2 is 1.82 bits per heavy atom. The summed E-state index contributed by atoms with van der Waals surface area (Å²) in [7, 11) is 1.83. The number of ketones is 1. The van der Waals surface area contributed by atoms with E-state index in [1.54, 1.807) is 12.1 Å². The van der Waals surface area contributed by atoms with E-state index in [2.05, 4.69) is 5.32 Å². The van der Waals surface area contributed by atoms with Gasteiger partial charge in [0, 0.05) is 18.9 Å². The molecule has 96 valence electrons. The summed E-state index contributed by atoms with van der Waals surface area (Å²) in [5.74, 6) is 0.484. The summed E-state index contributed by atoms with van der Waals surface area (Å²) >= 11 is 0. The highest BCUT2D eigenvalue weighted by Crippen LogP contribution is 2.19. The molecule has 17 heavy (non-hydrogen) atoms. The van der Waals surface area contributed by atoms with Crippen LogP contribution in [0.15, 0.2) is 24.3 Å². The van der Waals surface area contributed by atoms with Crippen molar-refractivity contribution in [3.8, 4) is 5.75 Å². The van der Waals surface area contributed by atoms with E-state index < -0.39 is 0 Å². The fourth-order valence-corrected chi connectivity index (χ4v) is 1.47. The summed E-state index contributed by atoms with van der Waals surface area (Å²) in [6, 6.07) is 6.98. The molecular formula is C14H23NO2. The van der Waals surface area contributed by atoms with Crippen molar-refractivity contribution in [2.24, 2.45) is 0 Å². The maximum Gasteiger partial charge on any atom is 0.134 e. The average molecular weight is 237 g/mol. The van der Waals surface area contributed by atoms with Crippen molar-refractivity contribution in [3.63, 3.8) is 0 Å². The Morgan fingerprint density at radius 3 is 2.24 bits per heavy atom. The highest BCUT2D eigenvalue weighted by Gasteiger charge is 2.12. The molecule has 2 N–H and O–H groups in total. The van der Waals surface area contributed by atoms with E-state index in [0.717, 1.165) is 5.56 Å². The maximum absolute atomic E-state index is 11.3. The number of carbonyl (C=O) groups excluding carboxylic acids is 1. The van der Waals surface area contributed by atoms with Crippen molar-refractivity contribution in [1.82, 2.24) is 5.32 Å². The van der Waals surface area contributed by atoms with Crippen LogP contribution >= 0.6 is 0 Å². The van der Waals surface area contributed by atoms with Gasteiger partial charge in [-0.2, -0.15) is 0 Å². The molecule has 1 atom stereocenters. The van der Waals surface area contributed by atoms with Crippen LogP contribution in [0.4, 0.5) is 0 Å². The lowest BCUT2D eigenvalue weighted by molar-refractivity contribution is -0.119. The maximum atomic E-state index is 11.3. The summed E-state index contributed by atoms with van der Waals surface area (Å²) < 4.78 is 0. The third kappa shape index (κ3) is 5.50. The Labute approximate surface area is 104 Å². The van der Waals surface area contributed by atoms with Crippen LogP contribution in [0.1, 0.15) is 45.2 Å². The monoisotopic (exact) mass is 237 g/mol. The highest BCUT2D eigenvalue weighted by molar-refractivity contribution is 5.78. The molecule has 0 radical (unpaired) electrons. The Hall–Kier alpha value is -1.35. The number of carbonyl (C=O) groups is 1. The van der Waals surface area contributed by atoms with Gasteiger partial charge in [0.2, 0.25) is 0 Å². The Kier molecular flexibility index (Phi) is 8.07. The molecule has 0 saturated carbocycles. The quantitative estimate of drug-likeness (QED) is 0.827. The lowest BCUT2D eigenvalue weighted by atomic mass is 10.0. The van der Waals surface area contributed by atoms with E-state index in [9.17, 15) is 4.79 Å². The van der Waals surface area contributed by atoms with Gasteiger partial charge in [-0.1, -0.05) is 32.9 Å². The smallest absolute Gasteiger partial charge is 0.134 e. The van der Waals surface area contributed by atoms with Crippen LogP contribution in [0.25, 0.3) is 0 Å². The summed E-state index contributed by atoms with van der Waals surface area (Å²) in [6.07, 6.45) is 1.06. The number of aromatic hydroxyl groups is 1. The van der Waals surface area contributed by atoms with Crippen LogP contribution in [-0.2, 0) is 4.79 Å². The molecule has 0 bridgehead atoms. The molecule has 1 aromatic carbocycles. The first kappa shape index (κ1) is 15.7. The zero-order valence-corrected chi connectivity index (χ0v) is 11.2. The van der Waals surface area contributed by atoms with Crippen molar-refractivity contribution in [2.75, 3.05) is 7.05 Å². The topological polar surface area (TPSA) is 49.3 Å². The minimum absolute atomic E-state index is 0.0399. The average Bonchev–Trinajstić information content (AvgIpc) is 2.39. The number of phenols is 1. The minimum atomic E-state index is 0.0399. The molecule has 1 aromatic rings. The number of nitrogens with one attached hydrogen (secondary N) is 1. The second-order valence-electron chi connectivity index (χ2n) is 3.53. The van der Waals surface area contributed by atoms with Gasteiger partial charge in [-0.05, 0) is 24.7 Å². The molecule has 3 heteroatoms. The van der Waals surface area contributed by atoms with Crippen LogP contribution < -0.4 is 5.32 Å². The van der Waals surface area contributed by atoms with E-state index in [1.165, 1.54) is 0 Å². The van der Waals surface area contributed by atoms with Crippen molar-refractivity contribution >= 4 is 5.78 Å². The van der Waals surface area contributed by atoms with E-state index >= 15 is 0 Å². The molecular weight excluding hydrogens is 214 g/mol. The van der Waals surface area contributed by atoms with Gasteiger partial charge in [-0.25, -0.2) is 0 Å². The van der Waals surface area contributed by atoms with E-state index in [1.807, 2.05) is 40.0 Å². The van der Waals surface area contributed by atoms with Crippen molar-refractivity contribution < 1.29 is 9.90 Å². The van der Waals surface area contributed by atoms with Crippen LogP contribution in [0.5, 0.6) is 5.75 Å². The second-order valence-corrected chi connectivity index (χ2v) is 3.53. The normalized spacial score (nSPS) is 11.3. The number of benzene rings is 1. The third-order valence-electron chi connectivity index (χ3n) is 2.47. The first-order valence-electron chi connectivity index (χ1n) is 6.15. The minimum Gasteiger partial charge on any atom is -0.508 e. The van der Waals surface area contributed by atoms with Crippen LogP contribution in [-0.4, -0.2) is 17.9 Å². The summed E-state index contributed by atoms with van der Waals surface area (Å²) in [5.41, 5.74) is 1.03. The third-order valence-corrected chi connectivity index (χ3v) is 2.47. The summed E-state index contributed by atoms with van der Waals surface area (Å²) in [4.78, 5) is 11.3. The second kappa shape index (κ2) is 8.76. The van der Waals surface area contributed by atoms with Gasteiger partial charge in [0.1, 0.15) is 11.5 Å². The van der Waals surface area contributed by atoms with E-state index in [4.69, 9.17) is 5.11 Å². The van der Waals surface area contributed by atoms with Crippen molar-refractivity contribution in [2.45, 2.75) is 39.7 Å². The van der Waals surface area contributed by atoms with Crippen molar-refractivity contribution in [3.05, 3.63) is 29.8 Å². The Balaban J connectivity index is 0.00000121. The molecule has 0 fully saturated rings. The molecule has 0 amide bonds. The fraction of sp³-hybridized carbons (Fsp3) is 0.500. The number of rotatable bonds is 5. The van der Waals surface area contributed by atoms with Gasteiger partial charge >= 0.3 is 0 Å². The van der Waals surface area contributed by atoms with Crippen LogP contribution in [0.3, 0.4) is 0 Å². The van der Waals surface area contributed by atoms with Gasteiger partial charge < -0.3 is 10.4 Å². The SMILES string of the molecule is CC.CCC(=O)CC(NC)c1ccc(O)cc1. The Bertz CT molecular complexity index is 319. The van der Waals surface area contributed by atoms with Crippen molar-refractivity contribution in [1.29, 1.82) is 0 Å². The molecule has 0 aliphatic carbocycles. The number of phenolic OH excluding ortho intramolecular Hbond substituents is 1. The predicted molar refractivity (Wildman–Crippen MR) is 71.2 cm³/mol. The van der Waals surface area contributed by atoms with Gasteiger partial charge in [-0.3, -0.25) is 4.79 Å². The van der Waals surface area contributed by atoms with E-state index in [0.29, 0.717) is 12.8 Å². The first-order chi connectivity index (χ1) is 8.17. The first-order valence-corrected chi connectivity index (χ1v) is 6.15. The molecule has 0 aromatic heterocycles. The lowest BCUT2D eigenvalue weighted by Gasteiger charge is -2.15. The van der Waals surface area contributed by atoms with Gasteiger partial charge in [-0.15, -0.1) is 0 Å². The van der Waals surface area contributed by atoms with E-state index in [-0.39, 0.29) is 17.6 Å². The zero-order chi connectivity index (χ0) is 13.3. The number of Topliss-reactive ketones (excluding diaryl/α,β-unsaturated/α-hetero) is 1. The molecule has 1 rings (SSSR count). The molecule has 1 unspecified atom stereocenters. The number of hydrogen-bond donors (Lipinski definition) is 2. The van der Waals surface area contributed by atoms with Gasteiger partial charge in [0.05, 0.1) is 0 Å². The molecule has 0 heterocycles.